The molecule has 0 aliphatic heterocycles. The molecule has 0 bridgehead atoms. The molecule has 8 heteroatoms. The summed E-state index contributed by atoms with van der Waals surface area (Å²) in [6.45, 7) is 1.78. The molecule has 0 atom stereocenters. The van der Waals surface area contributed by atoms with E-state index in [1.54, 1.807) is 51.1 Å². The number of amides is 1. The van der Waals surface area contributed by atoms with Crippen LogP contribution in [0.2, 0.25) is 0 Å². The van der Waals surface area contributed by atoms with Gasteiger partial charge in [0.25, 0.3) is 11.5 Å². The number of carbonyl (C=O) groups excluding carboxylic acids is 1. The van der Waals surface area contributed by atoms with Crippen LogP contribution in [0, 0.1) is 6.92 Å². The van der Waals surface area contributed by atoms with Crippen molar-refractivity contribution in [2.24, 2.45) is 0 Å². The maximum atomic E-state index is 13.2. The van der Waals surface area contributed by atoms with Gasteiger partial charge in [0.1, 0.15) is 24.0 Å². The average Bonchev–Trinajstić information content (AvgIpc) is 3.29. The predicted molar refractivity (Wildman–Crippen MR) is 112 cm³/mol. The third-order valence-electron chi connectivity index (χ3n) is 5.72. The molecular formula is C22H25N5O3. The highest BCUT2D eigenvalue weighted by molar-refractivity contribution is 5.95. The minimum Gasteiger partial charge on any atom is -0.495 e. The van der Waals surface area contributed by atoms with E-state index in [9.17, 15) is 9.59 Å². The summed E-state index contributed by atoms with van der Waals surface area (Å²) in [5.74, 6) is 0.243. The number of methoxy groups -OCH3 is 1. The Morgan fingerprint density at radius 1 is 1.17 bits per heavy atom. The van der Waals surface area contributed by atoms with E-state index in [4.69, 9.17) is 4.74 Å². The summed E-state index contributed by atoms with van der Waals surface area (Å²) in [5.41, 5.74) is 1.07. The lowest BCUT2D eigenvalue weighted by atomic mass is 9.91. The van der Waals surface area contributed by atoms with Crippen molar-refractivity contribution >= 4 is 5.91 Å². The topological polar surface area (TPSA) is 91.0 Å². The Morgan fingerprint density at radius 2 is 1.93 bits per heavy atom. The molecule has 1 aliphatic rings. The lowest BCUT2D eigenvalue weighted by Gasteiger charge is -2.29. The first-order valence-corrected chi connectivity index (χ1v) is 10.1. The Hall–Kier alpha value is -3.42. The third kappa shape index (κ3) is 3.85. The molecule has 1 aromatic carbocycles. The summed E-state index contributed by atoms with van der Waals surface area (Å²) in [4.78, 5) is 30.2. The monoisotopic (exact) mass is 407 g/mol. The minimum absolute atomic E-state index is 0.0380. The second kappa shape index (κ2) is 8.52. The number of para-hydroxylation sites is 2. The molecule has 1 amide bonds. The van der Waals surface area contributed by atoms with Gasteiger partial charge in [0, 0.05) is 12.2 Å². The molecule has 2 aromatic heterocycles. The van der Waals surface area contributed by atoms with Crippen molar-refractivity contribution in [3.05, 3.63) is 70.7 Å². The SMILES string of the molecule is COc1ccccc1-n1ccc(C)c(C(=O)NC2CCC(n3cncn3)CC2)c1=O. The first kappa shape index (κ1) is 19.9. The number of carbonyl (C=O) groups is 1. The Bertz CT molecular complexity index is 1080. The summed E-state index contributed by atoms with van der Waals surface area (Å²) in [6.07, 6.45) is 8.44. The van der Waals surface area contributed by atoms with Crippen LogP contribution < -0.4 is 15.6 Å². The maximum absolute atomic E-state index is 13.2. The fourth-order valence-electron chi connectivity index (χ4n) is 4.07. The number of hydrogen-bond acceptors (Lipinski definition) is 5. The lowest BCUT2D eigenvalue weighted by Crippen LogP contribution is -2.41. The van der Waals surface area contributed by atoms with Gasteiger partial charge in [-0.05, 0) is 56.4 Å². The first-order valence-electron chi connectivity index (χ1n) is 10.1. The van der Waals surface area contributed by atoms with E-state index in [0.717, 1.165) is 25.7 Å². The molecule has 1 N–H and O–H groups in total. The molecule has 0 unspecified atom stereocenters. The highest BCUT2D eigenvalue weighted by Gasteiger charge is 2.26. The van der Waals surface area contributed by atoms with Crippen LogP contribution in [0.5, 0.6) is 5.75 Å². The van der Waals surface area contributed by atoms with E-state index in [-0.39, 0.29) is 23.1 Å². The summed E-state index contributed by atoms with van der Waals surface area (Å²) in [6, 6.07) is 9.38. The Kier molecular flexibility index (Phi) is 5.65. The molecule has 8 nitrogen and oxygen atoms in total. The molecular weight excluding hydrogens is 382 g/mol. The quantitative estimate of drug-likeness (QED) is 0.702. The number of ether oxygens (including phenoxy) is 1. The molecule has 0 radical (unpaired) electrons. The summed E-state index contributed by atoms with van der Waals surface area (Å²) in [7, 11) is 1.56. The van der Waals surface area contributed by atoms with Crippen LogP contribution in [-0.2, 0) is 0 Å². The number of nitrogens with one attached hydrogen (secondary N) is 1. The number of aromatic nitrogens is 4. The van der Waals surface area contributed by atoms with Gasteiger partial charge in [0.15, 0.2) is 0 Å². The van der Waals surface area contributed by atoms with Gasteiger partial charge in [-0.25, -0.2) is 9.67 Å². The lowest BCUT2D eigenvalue weighted by molar-refractivity contribution is 0.0919. The van der Waals surface area contributed by atoms with Crippen molar-refractivity contribution in [1.82, 2.24) is 24.6 Å². The van der Waals surface area contributed by atoms with Crippen LogP contribution in [-0.4, -0.2) is 38.4 Å². The van der Waals surface area contributed by atoms with Gasteiger partial charge in [0.2, 0.25) is 0 Å². The normalized spacial score (nSPS) is 18.7. The van der Waals surface area contributed by atoms with Crippen molar-refractivity contribution in [2.45, 2.75) is 44.7 Å². The van der Waals surface area contributed by atoms with E-state index in [1.807, 2.05) is 16.8 Å². The highest BCUT2D eigenvalue weighted by atomic mass is 16.5. The molecule has 0 spiro atoms. The van der Waals surface area contributed by atoms with Crippen LogP contribution >= 0.6 is 0 Å². The Morgan fingerprint density at radius 3 is 2.63 bits per heavy atom. The molecule has 30 heavy (non-hydrogen) atoms. The van der Waals surface area contributed by atoms with Gasteiger partial charge < -0.3 is 10.1 Å². The van der Waals surface area contributed by atoms with Crippen molar-refractivity contribution in [2.75, 3.05) is 7.11 Å². The molecule has 1 aliphatic carbocycles. The molecule has 0 saturated heterocycles. The molecule has 2 heterocycles. The van der Waals surface area contributed by atoms with Crippen LogP contribution in [0.15, 0.2) is 54.0 Å². The molecule has 3 aromatic rings. The zero-order valence-corrected chi connectivity index (χ0v) is 17.1. The Balaban J connectivity index is 1.53. The van der Waals surface area contributed by atoms with Gasteiger partial charge in [-0.15, -0.1) is 0 Å². The van der Waals surface area contributed by atoms with Crippen molar-refractivity contribution in [3.63, 3.8) is 0 Å². The third-order valence-corrected chi connectivity index (χ3v) is 5.72. The van der Waals surface area contributed by atoms with Gasteiger partial charge in [-0.3, -0.25) is 14.2 Å². The molecule has 1 saturated carbocycles. The largest absolute Gasteiger partial charge is 0.495 e. The van der Waals surface area contributed by atoms with E-state index in [0.29, 0.717) is 23.0 Å². The van der Waals surface area contributed by atoms with Crippen LogP contribution in [0.1, 0.15) is 47.6 Å². The van der Waals surface area contributed by atoms with E-state index in [1.165, 1.54) is 4.57 Å². The van der Waals surface area contributed by atoms with Gasteiger partial charge in [-0.2, -0.15) is 5.10 Å². The summed E-state index contributed by atoms with van der Waals surface area (Å²) >= 11 is 0. The Labute approximate surface area is 174 Å². The van der Waals surface area contributed by atoms with Crippen molar-refractivity contribution < 1.29 is 9.53 Å². The molecule has 1 fully saturated rings. The number of nitrogens with zero attached hydrogens (tertiary/aromatic N) is 4. The van der Waals surface area contributed by atoms with E-state index in [2.05, 4.69) is 15.4 Å². The van der Waals surface area contributed by atoms with Crippen LogP contribution in [0.25, 0.3) is 5.69 Å². The van der Waals surface area contributed by atoms with E-state index < -0.39 is 0 Å². The first-order chi connectivity index (χ1) is 14.6. The smallest absolute Gasteiger partial charge is 0.268 e. The fourth-order valence-corrected chi connectivity index (χ4v) is 4.07. The van der Waals surface area contributed by atoms with Crippen LogP contribution in [0.4, 0.5) is 0 Å². The summed E-state index contributed by atoms with van der Waals surface area (Å²) in [5, 5.41) is 7.27. The second-order valence-electron chi connectivity index (χ2n) is 7.58. The zero-order valence-electron chi connectivity index (χ0n) is 17.1. The average molecular weight is 407 g/mol. The predicted octanol–water partition coefficient (Wildman–Crippen LogP) is 2.66. The minimum atomic E-state index is -0.353. The summed E-state index contributed by atoms with van der Waals surface area (Å²) < 4.78 is 8.72. The van der Waals surface area contributed by atoms with Crippen LogP contribution in [0.3, 0.4) is 0 Å². The number of benzene rings is 1. The van der Waals surface area contributed by atoms with Crippen molar-refractivity contribution in [1.29, 1.82) is 0 Å². The fraction of sp³-hybridized carbons (Fsp3) is 0.364. The molecule has 156 valence electrons. The maximum Gasteiger partial charge on any atom is 0.268 e. The second-order valence-corrected chi connectivity index (χ2v) is 7.58. The highest BCUT2D eigenvalue weighted by Crippen LogP contribution is 2.28. The number of rotatable bonds is 5. The van der Waals surface area contributed by atoms with Gasteiger partial charge in [-0.1, -0.05) is 12.1 Å². The van der Waals surface area contributed by atoms with Crippen molar-refractivity contribution in [3.8, 4) is 11.4 Å². The number of pyridine rings is 1. The number of hydrogen-bond donors (Lipinski definition) is 1. The van der Waals surface area contributed by atoms with Gasteiger partial charge in [0.05, 0.1) is 18.8 Å². The zero-order chi connectivity index (χ0) is 21.1. The van der Waals surface area contributed by atoms with Gasteiger partial charge >= 0.3 is 0 Å². The standard InChI is InChI=1S/C22H25N5O3/c1-15-11-12-26(18-5-3-4-6-19(18)30-2)22(29)20(15)21(28)25-16-7-9-17(10-8-16)27-14-23-13-24-27/h3-6,11-14,16-17H,7-10H2,1-2H3,(H,25,28). The molecule has 4 rings (SSSR count). The van der Waals surface area contributed by atoms with E-state index >= 15 is 0 Å². The number of aryl methyl sites for hydroxylation is 1.